The number of rotatable bonds is 8. The Morgan fingerprint density at radius 3 is 2.61 bits per heavy atom. The van der Waals surface area contributed by atoms with E-state index >= 15 is 0 Å². The number of fused-ring (bicyclic) bond motifs is 1. The van der Waals surface area contributed by atoms with Gasteiger partial charge in [0.15, 0.2) is 0 Å². The number of nitrogens with zero attached hydrogens (tertiary/aromatic N) is 1. The molecule has 3 aromatic rings. The van der Waals surface area contributed by atoms with Gasteiger partial charge in [0, 0.05) is 43.8 Å². The molecular formula is C31H39N3O2. The van der Waals surface area contributed by atoms with Crippen LogP contribution in [0.2, 0.25) is 0 Å². The molecule has 5 heteroatoms. The molecule has 1 saturated carbocycles. The molecular weight excluding hydrogens is 446 g/mol. The molecule has 1 heterocycles. The number of amides is 1. The van der Waals surface area contributed by atoms with E-state index in [1.807, 2.05) is 12.1 Å². The Bertz CT molecular complexity index is 1130. The molecule has 190 valence electrons. The number of hydrogen-bond donors (Lipinski definition) is 2. The third-order valence-electron chi connectivity index (χ3n) is 7.91. The van der Waals surface area contributed by atoms with Crippen molar-refractivity contribution in [3.05, 3.63) is 83.4 Å². The largest absolute Gasteiger partial charge is 0.379 e. The van der Waals surface area contributed by atoms with Crippen molar-refractivity contribution in [2.45, 2.75) is 50.6 Å². The number of ether oxygens (including phenoxy) is 1. The van der Waals surface area contributed by atoms with E-state index in [1.54, 1.807) is 0 Å². The molecule has 5 nitrogen and oxygen atoms in total. The maximum Gasteiger partial charge on any atom is 0.251 e. The number of hydrogen-bond acceptors (Lipinski definition) is 4. The van der Waals surface area contributed by atoms with Crippen LogP contribution in [0.1, 0.15) is 66.1 Å². The lowest BCUT2D eigenvalue weighted by molar-refractivity contribution is 0.0383. The smallest absolute Gasteiger partial charge is 0.251 e. The van der Waals surface area contributed by atoms with Crippen LogP contribution in [0.25, 0.3) is 10.8 Å². The van der Waals surface area contributed by atoms with Gasteiger partial charge in [-0.25, -0.2) is 0 Å². The highest BCUT2D eigenvalue weighted by atomic mass is 16.5. The van der Waals surface area contributed by atoms with Gasteiger partial charge in [0.2, 0.25) is 0 Å². The Balaban J connectivity index is 1.14. The SMILES string of the molecule is C[C@@H](NC1CCCC(c2ccc(C(=O)NCCN3CCOCC3)cc2)C1)c1cccc2ccccc12. The molecule has 2 fully saturated rings. The fourth-order valence-corrected chi connectivity index (χ4v) is 5.88. The normalized spacial score (nSPS) is 21.8. The number of carbonyl (C=O) groups is 1. The molecule has 2 aliphatic rings. The van der Waals surface area contributed by atoms with Crippen molar-refractivity contribution >= 4 is 16.7 Å². The summed E-state index contributed by atoms with van der Waals surface area (Å²) in [5, 5.41) is 9.64. The summed E-state index contributed by atoms with van der Waals surface area (Å²) < 4.78 is 5.39. The molecule has 2 unspecified atom stereocenters. The minimum Gasteiger partial charge on any atom is -0.379 e. The maximum atomic E-state index is 12.6. The number of carbonyl (C=O) groups excluding carboxylic acids is 1. The summed E-state index contributed by atoms with van der Waals surface area (Å²) in [7, 11) is 0. The number of nitrogens with one attached hydrogen (secondary N) is 2. The Hall–Kier alpha value is -2.73. The molecule has 3 atom stereocenters. The summed E-state index contributed by atoms with van der Waals surface area (Å²) in [6.45, 7) is 7.30. The van der Waals surface area contributed by atoms with Gasteiger partial charge in [0.1, 0.15) is 0 Å². The number of benzene rings is 3. The van der Waals surface area contributed by atoms with Crippen LogP contribution in [0.15, 0.2) is 66.7 Å². The third-order valence-corrected chi connectivity index (χ3v) is 7.91. The molecule has 1 saturated heterocycles. The summed E-state index contributed by atoms with van der Waals surface area (Å²) in [5.74, 6) is 0.552. The molecule has 5 rings (SSSR count). The second-order valence-corrected chi connectivity index (χ2v) is 10.3. The lowest BCUT2D eigenvalue weighted by Gasteiger charge is -2.32. The van der Waals surface area contributed by atoms with Crippen LogP contribution in [0.4, 0.5) is 0 Å². The first-order valence-electron chi connectivity index (χ1n) is 13.6. The van der Waals surface area contributed by atoms with Crippen molar-refractivity contribution < 1.29 is 9.53 Å². The molecule has 0 bridgehead atoms. The van der Waals surface area contributed by atoms with Crippen molar-refractivity contribution in [1.82, 2.24) is 15.5 Å². The third kappa shape index (κ3) is 6.15. The van der Waals surface area contributed by atoms with Crippen molar-refractivity contribution in [1.29, 1.82) is 0 Å². The summed E-state index contributed by atoms with van der Waals surface area (Å²) in [4.78, 5) is 14.9. The van der Waals surface area contributed by atoms with Gasteiger partial charge in [-0.1, -0.05) is 61.0 Å². The van der Waals surface area contributed by atoms with Crippen molar-refractivity contribution in [3.63, 3.8) is 0 Å². The fourth-order valence-electron chi connectivity index (χ4n) is 5.88. The lowest BCUT2D eigenvalue weighted by atomic mass is 9.80. The van der Waals surface area contributed by atoms with Crippen LogP contribution in [0.5, 0.6) is 0 Å². The molecule has 3 aromatic carbocycles. The molecule has 0 aromatic heterocycles. The second kappa shape index (κ2) is 12.0. The van der Waals surface area contributed by atoms with Gasteiger partial charge < -0.3 is 15.4 Å². The zero-order valence-electron chi connectivity index (χ0n) is 21.4. The van der Waals surface area contributed by atoms with Gasteiger partial charge in [-0.3, -0.25) is 9.69 Å². The lowest BCUT2D eigenvalue weighted by Crippen LogP contribution is -2.41. The van der Waals surface area contributed by atoms with E-state index in [0.717, 1.165) is 44.8 Å². The summed E-state index contributed by atoms with van der Waals surface area (Å²) in [6.07, 6.45) is 4.80. The van der Waals surface area contributed by atoms with E-state index in [2.05, 4.69) is 77.1 Å². The van der Waals surface area contributed by atoms with Crippen molar-refractivity contribution in [3.8, 4) is 0 Å². The van der Waals surface area contributed by atoms with E-state index in [1.165, 1.54) is 41.2 Å². The second-order valence-electron chi connectivity index (χ2n) is 10.3. The van der Waals surface area contributed by atoms with Crippen LogP contribution in [0, 0.1) is 0 Å². The quantitative estimate of drug-likeness (QED) is 0.456. The summed E-state index contributed by atoms with van der Waals surface area (Å²) in [5.41, 5.74) is 3.47. The predicted octanol–water partition coefficient (Wildman–Crippen LogP) is 5.28. The topological polar surface area (TPSA) is 53.6 Å². The van der Waals surface area contributed by atoms with Crippen molar-refractivity contribution in [2.75, 3.05) is 39.4 Å². The van der Waals surface area contributed by atoms with Gasteiger partial charge in [-0.05, 0) is 66.1 Å². The van der Waals surface area contributed by atoms with E-state index in [4.69, 9.17) is 4.74 Å². The standard InChI is InChI=1S/C31H39N3O2/c1-23(29-11-5-7-25-6-2-3-10-30(25)29)33-28-9-4-8-27(22-28)24-12-14-26(15-13-24)31(35)32-16-17-34-18-20-36-21-19-34/h2-3,5-7,10-15,23,27-28,33H,4,8-9,16-22H2,1H3,(H,32,35)/t23-,27?,28?/m1/s1. The zero-order chi connectivity index (χ0) is 24.7. The molecule has 1 aliphatic carbocycles. The Morgan fingerprint density at radius 2 is 1.78 bits per heavy atom. The Kier molecular flexibility index (Phi) is 8.32. The highest BCUT2D eigenvalue weighted by molar-refractivity contribution is 5.94. The highest BCUT2D eigenvalue weighted by Gasteiger charge is 2.25. The summed E-state index contributed by atoms with van der Waals surface area (Å²) >= 11 is 0. The first-order chi connectivity index (χ1) is 17.7. The van der Waals surface area contributed by atoms with Gasteiger partial charge in [0.25, 0.3) is 5.91 Å². The molecule has 1 amide bonds. The number of morpholine rings is 1. The van der Waals surface area contributed by atoms with E-state index < -0.39 is 0 Å². The van der Waals surface area contributed by atoms with E-state index in [9.17, 15) is 4.79 Å². The summed E-state index contributed by atoms with van der Waals surface area (Å²) in [6, 6.07) is 24.4. The average molecular weight is 486 g/mol. The van der Waals surface area contributed by atoms with Crippen LogP contribution in [0.3, 0.4) is 0 Å². The van der Waals surface area contributed by atoms with E-state index in [0.29, 0.717) is 24.5 Å². The first kappa shape index (κ1) is 24.9. The van der Waals surface area contributed by atoms with Crippen molar-refractivity contribution in [2.24, 2.45) is 0 Å². The Morgan fingerprint density at radius 1 is 1.00 bits per heavy atom. The monoisotopic (exact) mass is 485 g/mol. The van der Waals surface area contributed by atoms with Gasteiger partial charge in [0.05, 0.1) is 13.2 Å². The van der Waals surface area contributed by atoms with E-state index in [-0.39, 0.29) is 5.91 Å². The minimum atomic E-state index is 0.0157. The molecule has 0 radical (unpaired) electrons. The maximum absolute atomic E-state index is 12.6. The Labute approximate surface area is 215 Å². The van der Waals surface area contributed by atoms with Crippen LogP contribution < -0.4 is 10.6 Å². The van der Waals surface area contributed by atoms with Gasteiger partial charge in [-0.2, -0.15) is 0 Å². The molecule has 1 aliphatic heterocycles. The van der Waals surface area contributed by atoms with Gasteiger partial charge >= 0.3 is 0 Å². The zero-order valence-corrected chi connectivity index (χ0v) is 21.4. The highest BCUT2D eigenvalue weighted by Crippen LogP contribution is 2.34. The van der Waals surface area contributed by atoms with Crippen LogP contribution in [-0.2, 0) is 4.74 Å². The first-order valence-corrected chi connectivity index (χ1v) is 13.6. The minimum absolute atomic E-state index is 0.0157. The van der Waals surface area contributed by atoms with Crippen LogP contribution >= 0.6 is 0 Å². The predicted molar refractivity (Wildman–Crippen MR) is 147 cm³/mol. The molecule has 36 heavy (non-hydrogen) atoms. The van der Waals surface area contributed by atoms with Crippen LogP contribution in [-0.4, -0.2) is 56.2 Å². The van der Waals surface area contributed by atoms with Gasteiger partial charge in [-0.15, -0.1) is 0 Å². The average Bonchev–Trinajstić information content (AvgIpc) is 2.93. The molecule has 0 spiro atoms. The molecule has 2 N–H and O–H groups in total. The fraction of sp³-hybridized carbons (Fsp3) is 0.452.